The van der Waals surface area contributed by atoms with Crippen LogP contribution in [0, 0.1) is 13.8 Å². The van der Waals surface area contributed by atoms with Crippen LogP contribution in [0.1, 0.15) is 11.1 Å². The van der Waals surface area contributed by atoms with Crippen molar-refractivity contribution in [2.75, 3.05) is 5.88 Å². The molecule has 0 unspecified atom stereocenters. The second-order valence-corrected chi connectivity index (χ2v) is 3.19. The van der Waals surface area contributed by atoms with E-state index in [0.29, 0.717) is 0 Å². The van der Waals surface area contributed by atoms with E-state index in [4.69, 9.17) is 9.90 Å². The highest BCUT2D eigenvalue weighted by atomic mass is 35.5. The summed E-state index contributed by atoms with van der Waals surface area (Å²) in [5.41, 5.74) is 7.58. The lowest BCUT2D eigenvalue weighted by molar-refractivity contribution is -0.301. The zero-order chi connectivity index (χ0) is 11.1. The molecule has 0 heterocycles. The van der Waals surface area contributed by atoms with Gasteiger partial charge in [0.25, 0.3) is 0 Å². The number of halogens is 1. The summed E-state index contributed by atoms with van der Waals surface area (Å²) >= 11 is 4.67. The number of alkyl halides is 1. The molecule has 78 valence electrons. The Kier molecular flexibility index (Phi) is 5.92. The monoisotopic (exact) mass is 215 g/mol. The molecule has 1 aromatic carbocycles. The van der Waals surface area contributed by atoms with Gasteiger partial charge in [-0.3, -0.25) is 0 Å². The SMILES string of the molecule is Cc1ccc([NH3+])cc1C.O=C([O-])CCl. The van der Waals surface area contributed by atoms with Crippen LogP contribution in [0.25, 0.3) is 0 Å². The molecule has 0 saturated carbocycles. The summed E-state index contributed by atoms with van der Waals surface area (Å²) in [6, 6.07) is 6.22. The van der Waals surface area contributed by atoms with Gasteiger partial charge in [0.1, 0.15) is 5.69 Å². The average Bonchev–Trinajstić information content (AvgIpc) is 2.13. The van der Waals surface area contributed by atoms with E-state index in [2.05, 4.69) is 43.3 Å². The molecule has 0 radical (unpaired) electrons. The van der Waals surface area contributed by atoms with Gasteiger partial charge in [0.2, 0.25) is 0 Å². The number of carboxylic acid groups (broad SMARTS) is 1. The van der Waals surface area contributed by atoms with Crippen molar-refractivity contribution in [2.24, 2.45) is 0 Å². The molecule has 0 atom stereocenters. The first-order valence-electron chi connectivity index (χ1n) is 4.12. The third-order valence-corrected chi connectivity index (χ3v) is 1.90. The van der Waals surface area contributed by atoms with Crippen LogP contribution in [0.2, 0.25) is 0 Å². The molecule has 0 saturated heterocycles. The number of hydrogen-bond donors (Lipinski definition) is 1. The second kappa shape index (κ2) is 6.40. The van der Waals surface area contributed by atoms with Gasteiger partial charge in [-0.2, -0.15) is 0 Å². The summed E-state index contributed by atoms with van der Waals surface area (Å²) < 4.78 is 0. The predicted octanol–water partition coefficient (Wildman–Crippen LogP) is 0.152. The molecule has 0 aliphatic heterocycles. The maximum atomic E-state index is 9.12. The Bertz CT molecular complexity index is 313. The normalized spacial score (nSPS) is 8.86. The third-order valence-electron chi connectivity index (χ3n) is 1.68. The van der Waals surface area contributed by atoms with Crippen molar-refractivity contribution in [1.29, 1.82) is 0 Å². The molecule has 0 fully saturated rings. The van der Waals surface area contributed by atoms with Gasteiger partial charge < -0.3 is 15.6 Å². The Balaban J connectivity index is 0.000000292. The molecular formula is C10H14ClNO2. The quantitative estimate of drug-likeness (QED) is 0.678. The fraction of sp³-hybridized carbons (Fsp3) is 0.300. The molecule has 0 aromatic heterocycles. The van der Waals surface area contributed by atoms with Crippen molar-refractivity contribution in [2.45, 2.75) is 13.8 Å². The minimum atomic E-state index is -1.23. The molecule has 1 aromatic rings. The lowest BCUT2D eigenvalue weighted by Gasteiger charge is -1.95. The highest BCUT2D eigenvalue weighted by Gasteiger charge is 1.92. The zero-order valence-corrected chi connectivity index (χ0v) is 9.10. The van der Waals surface area contributed by atoms with Crippen molar-refractivity contribution in [1.82, 2.24) is 0 Å². The summed E-state index contributed by atoms with van der Waals surface area (Å²) in [7, 11) is 0. The van der Waals surface area contributed by atoms with Crippen LogP contribution in [0.3, 0.4) is 0 Å². The summed E-state index contributed by atoms with van der Waals surface area (Å²) in [5, 5.41) is 9.12. The van der Waals surface area contributed by atoms with Crippen LogP contribution < -0.4 is 10.8 Å². The molecule has 4 heteroatoms. The molecule has 3 N–H and O–H groups in total. The van der Waals surface area contributed by atoms with E-state index >= 15 is 0 Å². The maximum absolute atomic E-state index is 9.12. The van der Waals surface area contributed by atoms with Crippen molar-refractivity contribution in [3.05, 3.63) is 29.3 Å². The predicted molar refractivity (Wildman–Crippen MR) is 54.2 cm³/mol. The van der Waals surface area contributed by atoms with E-state index in [-0.39, 0.29) is 0 Å². The first-order valence-corrected chi connectivity index (χ1v) is 4.66. The van der Waals surface area contributed by atoms with Gasteiger partial charge in [-0.15, -0.1) is 11.6 Å². The molecule has 0 amide bonds. The first-order chi connectivity index (χ1) is 6.47. The molecular weight excluding hydrogens is 202 g/mol. The molecule has 1 rings (SSSR count). The summed E-state index contributed by atoms with van der Waals surface area (Å²) in [4.78, 5) is 9.12. The minimum Gasteiger partial charge on any atom is -0.549 e. The molecule has 14 heavy (non-hydrogen) atoms. The lowest BCUT2D eigenvalue weighted by Crippen LogP contribution is -2.40. The Morgan fingerprint density at radius 1 is 1.43 bits per heavy atom. The van der Waals surface area contributed by atoms with Crippen LogP contribution in [0.5, 0.6) is 0 Å². The fourth-order valence-corrected chi connectivity index (χ4v) is 0.804. The van der Waals surface area contributed by atoms with Crippen LogP contribution in [-0.4, -0.2) is 11.8 Å². The number of benzene rings is 1. The van der Waals surface area contributed by atoms with Gasteiger partial charge in [0, 0.05) is 6.07 Å². The number of carboxylic acids is 1. The van der Waals surface area contributed by atoms with Gasteiger partial charge in [-0.05, 0) is 31.0 Å². The number of aliphatic carboxylic acids is 1. The van der Waals surface area contributed by atoms with Crippen LogP contribution in [0.4, 0.5) is 5.69 Å². The topological polar surface area (TPSA) is 67.8 Å². The first kappa shape index (κ1) is 12.9. The number of quaternary nitrogens is 1. The highest BCUT2D eigenvalue weighted by molar-refractivity contribution is 6.25. The van der Waals surface area contributed by atoms with Gasteiger partial charge in [-0.1, -0.05) is 6.07 Å². The number of rotatable bonds is 1. The number of aryl methyl sites for hydroxylation is 2. The van der Waals surface area contributed by atoms with Gasteiger partial charge >= 0.3 is 0 Å². The van der Waals surface area contributed by atoms with E-state index in [0.717, 1.165) is 5.69 Å². The smallest absolute Gasteiger partial charge is 0.128 e. The number of carbonyl (C=O) groups excluding carboxylic acids is 1. The molecule has 0 spiro atoms. The van der Waals surface area contributed by atoms with Crippen LogP contribution >= 0.6 is 11.6 Å². The average molecular weight is 216 g/mol. The Morgan fingerprint density at radius 3 is 2.21 bits per heavy atom. The third kappa shape index (κ3) is 5.56. The standard InChI is InChI=1S/C8H11N.C2H3ClO2/c1-6-3-4-8(9)5-7(6)2;3-1-2(4)5/h3-5H,9H2,1-2H3;1H2,(H,4,5). The lowest BCUT2D eigenvalue weighted by atomic mass is 10.1. The highest BCUT2D eigenvalue weighted by Crippen LogP contribution is 2.08. The molecule has 3 nitrogen and oxygen atoms in total. The Labute approximate surface area is 88.5 Å². The largest absolute Gasteiger partial charge is 0.549 e. The Hall–Kier alpha value is -1.06. The van der Waals surface area contributed by atoms with Gasteiger partial charge in [0.05, 0.1) is 11.8 Å². The maximum Gasteiger partial charge on any atom is 0.128 e. The summed E-state index contributed by atoms with van der Waals surface area (Å²) in [6.45, 7) is 4.21. The van der Waals surface area contributed by atoms with E-state index in [9.17, 15) is 0 Å². The van der Waals surface area contributed by atoms with Crippen molar-refractivity contribution >= 4 is 23.3 Å². The van der Waals surface area contributed by atoms with E-state index in [1.165, 1.54) is 11.1 Å². The minimum absolute atomic E-state index is 0.417. The van der Waals surface area contributed by atoms with Gasteiger partial charge in [-0.25, -0.2) is 0 Å². The van der Waals surface area contributed by atoms with Crippen LogP contribution in [0.15, 0.2) is 18.2 Å². The van der Waals surface area contributed by atoms with Crippen molar-refractivity contribution in [3.8, 4) is 0 Å². The van der Waals surface area contributed by atoms with E-state index in [1.54, 1.807) is 0 Å². The molecule has 0 bridgehead atoms. The number of hydrogen-bond acceptors (Lipinski definition) is 2. The summed E-state index contributed by atoms with van der Waals surface area (Å²) in [5.74, 6) is -1.65. The number of carbonyl (C=O) groups is 1. The molecule has 0 aliphatic rings. The summed E-state index contributed by atoms with van der Waals surface area (Å²) in [6.07, 6.45) is 0. The Morgan fingerprint density at radius 2 is 1.93 bits per heavy atom. The van der Waals surface area contributed by atoms with E-state index in [1.807, 2.05) is 6.07 Å². The van der Waals surface area contributed by atoms with Gasteiger partial charge in [0.15, 0.2) is 0 Å². The zero-order valence-electron chi connectivity index (χ0n) is 8.34. The van der Waals surface area contributed by atoms with E-state index < -0.39 is 11.8 Å². The fourth-order valence-electron chi connectivity index (χ4n) is 0.804. The molecule has 0 aliphatic carbocycles. The van der Waals surface area contributed by atoms with Crippen molar-refractivity contribution < 1.29 is 15.6 Å². The second-order valence-electron chi connectivity index (χ2n) is 2.92. The van der Waals surface area contributed by atoms with Crippen molar-refractivity contribution in [3.63, 3.8) is 0 Å². The van der Waals surface area contributed by atoms with Crippen LogP contribution in [-0.2, 0) is 4.79 Å².